The molecule has 1 aromatic rings. The van der Waals surface area contributed by atoms with E-state index in [0.717, 1.165) is 0 Å². The van der Waals surface area contributed by atoms with Gasteiger partial charge < -0.3 is 15.5 Å². The van der Waals surface area contributed by atoms with Gasteiger partial charge in [0.2, 0.25) is 0 Å². The summed E-state index contributed by atoms with van der Waals surface area (Å²) in [5.41, 5.74) is 0.530. The van der Waals surface area contributed by atoms with Crippen LogP contribution >= 0.6 is 0 Å². The SMILES string of the molecule is CC(C)(C)NCC(O)c1ccc(O)cn1. The molecule has 0 saturated carbocycles. The maximum absolute atomic E-state index is 9.77. The van der Waals surface area contributed by atoms with Crippen molar-refractivity contribution in [3.63, 3.8) is 0 Å². The molecule has 0 bridgehead atoms. The molecule has 1 atom stereocenters. The van der Waals surface area contributed by atoms with Crippen molar-refractivity contribution in [2.75, 3.05) is 6.54 Å². The normalized spacial score (nSPS) is 13.9. The van der Waals surface area contributed by atoms with E-state index in [9.17, 15) is 5.11 Å². The summed E-state index contributed by atoms with van der Waals surface area (Å²) in [6, 6.07) is 3.13. The summed E-state index contributed by atoms with van der Waals surface area (Å²) in [7, 11) is 0. The molecule has 0 amide bonds. The van der Waals surface area contributed by atoms with Gasteiger partial charge in [0, 0.05) is 12.1 Å². The molecule has 84 valence electrons. The van der Waals surface area contributed by atoms with E-state index < -0.39 is 6.10 Å². The molecule has 0 aliphatic rings. The lowest BCUT2D eigenvalue weighted by molar-refractivity contribution is 0.159. The summed E-state index contributed by atoms with van der Waals surface area (Å²) in [5.74, 6) is 0.106. The number of nitrogens with one attached hydrogen (secondary N) is 1. The lowest BCUT2D eigenvalue weighted by Gasteiger charge is -2.22. The molecule has 0 radical (unpaired) electrons. The summed E-state index contributed by atoms with van der Waals surface area (Å²) in [5, 5.41) is 22.0. The number of hydrogen-bond donors (Lipinski definition) is 3. The molecule has 4 heteroatoms. The first-order chi connectivity index (χ1) is 6.88. The summed E-state index contributed by atoms with van der Waals surface area (Å²) in [4.78, 5) is 3.94. The minimum atomic E-state index is -0.648. The van der Waals surface area contributed by atoms with Crippen molar-refractivity contribution in [3.8, 4) is 5.75 Å². The third-order valence-corrected chi connectivity index (χ3v) is 1.94. The lowest BCUT2D eigenvalue weighted by Crippen LogP contribution is -2.38. The van der Waals surface area contributed by atoms with Gasteiger partial charge in [0.05, 0.1) is 11.9 Å². The van der Waals surface area contributed by atoms with Crippen molar-refractivity contribution < 1.29 is 10.2 Å². The fourth-order valence-corrected chi connectivity index (χ4v) is 1.10. The number of nitrogens with zero attached hydrogens (tertiary/aromatic N) is 1. The van der Waals surface area contributed by atoms with Gasteiger partial charge in [-0.1, -0.05) is 0 Å². The van der Waals surface area contributed by atoms with Crippen LogP contribution in [0.3, 0.4) is 0 Å². The molecule has 3 N–H and O–H groups in total. The summed E-state index contributed by atoms with van der Waals surface area (Å²) >= 11 is 0. The standard InChI is InChI=1S/C11H18N2O2/c1-11(2,3)13-7-10(15)9-5-4-8(14)6-12-9/h4-6,10,13-15H,7H2,1-3H3. The van der Waals surface area contributed by atoms with E-state index in [1.165, 1.54) is 12.3 Å². The van der Waals surface area contributed by atoms with Gasteiger partial charge in [-0.05, 0) is 32.9 Å². The molecule has 1 aromatic heterocycles. The Morgan fingerprint density at radius 3 is 2.53 bits per heavy atom. The van der Waals surface area contributed by atoms with Gasteiger partial charge in [-0.15, -0.1) is 0 Å². The van der Waals surface area contributed by atoms with Gasteiger partial charge in [-0.25, -0.2) is 0 Å². The van der Waals surface area contributed by atoms with E-state index in [0.29, 0.717) is 12.2 Å². The molecule has 0 fully saturated rings. The van der Waals surface area contributed by atoms with Gasteiger partial charge in [-0.2, -0.15) is 0 Å². The Balaban J connectivity index is 2.54. The first-order valence-corrected chi connectivity index (χ1v) is 4.96. The van der Waals surface area contributed by atoms with Crippen LogP contribution in [0.15, 0.2) is 18.3 Å². The smallest absolute Gasteiger partial charge is 0.133 e. The van der Waals surface area contributed by atoms with Crippen LogP contribution in [0.4, 0.5) is 0 Å². The number of β-amino-alcohol motifs (C(OH)–C–C–N with tert-alkyl or cyclic N) is 1. The number of aliphatic hydroxyl groups is 1. The predicted octanol–water partition coefficient (Wildman–Crippen LogP) is 1.21. The molecular weight excluding hydrogens is 192 g/mol. The van der Waals surface area contributed by atoms with Crippen molar-refractivity contribution in [2.24, 2.45) is 0 Å². The van der Waals surface area contributed by atoms with Crippen molar-refractivity contribution in [2.45, 2.75) is 32.4 Å². The Morgan fingerprint density at radius 2 is 2.07 bits per heavy atom. The molecule has 0 spiro atoms. The Kier molecular flexibility index (Phi) is 3.66. The van der Waals surface area contributed by atoms with Crippen LogP contribution in [0, 0.1) is 0 Å². The van der Waals surface area contributed by atoms with Crippen molar-refractivity contribution in [1.82, 2.24) is 10.3 Å². The molecule has 0 aliphatic heterocycles. The summed E-state index contributed by atoms with van der Waals surface area (Å²) in [6.45, 7) is 6.54. The topological polar surface area (TPSA) is 65.4 Å². The van der Waals surface area contributed by atoms with E-state index in [2.05, 4.69) is 10.3 Å². The number of aromatic nitrogens is 1. The number of aromatic hydroxyl groups is 1. The highest BCUT2D eigenvalue weighted by atomic mass is 16.3. The fourth-order valence-electron chi connectivity index (χ4n) is 1.10. The van der Waals surface area contributed by atoms with Gasteiger partial charge >= 0.3 is 0 Å². The zero-order chi connectivity index (χ0) is 11.5. The molecule has 0 aromatic carbocycles. The van der Waals surface area contributed by atoms with Crippen LogP contribution in [0.1, 0.15) is 32.6 Å². The Labute approximate surface area is 90.0 Å². The average Bonchev–Trinajstić information content (AvgIpc) is 2.14. The lowest BCUT2D eigenvalue weighted by atomic mass is 10.1. The highest BCUT2D eigenvalue weighted by Gasteiger charge is 2.14. The van der Waals surface area contributed by atoms with Crippen LogP contribution in [-0.4, -0.2) is 27.3 Å². The van der Waals surface area contributed by atoms with Crippen LogP contribution < -0.4 is 5.32 Å². The zero-order valence-corrected chi connectivity index (χ0v) is 9.36. The molecule has 1 rings (SSSR count). The first-order valence-electron chi connectivity index (χ1n) is 4.96. The monoisotopic (exact) mass is 210 g/mol. The van der Waals surface area contributed by atoms with Crippen molar-refractivity contribution in [3.05, 3.63) is 24.0 Å². The zero-order valence-electron chi connectivity index (χ0n) is 9.36. The van der Waals surface area contributed by atoms with Crippen molar-refractivity contribution >= 4 is 0 Å². The van der Waals surface area contributed by atoms with Gasteiger partial charge in [0.15, 0.2) is 0 Å². The van der Waals surface area contributed by atoms with E-state index in [-0.39, 0.29) is 11.3 Å². The Hall–Kier alpha value is -1.13. The minimum Gasteiger partial charge on any atom is -0.506 e. The second kappa shape index (κ2) is 4.59. The van der Waals surface area contributed by atoms with Gasteiger partial charge in [0.25, 0.3) is 0 Å². The van der Waals surface area contributed by atoms with Gasteiger partial charge in [-0.3, -0.25) is 4.98 Å². The molecule has 0 saturated heterocycles. The number of aliphatic hydroxyl groups excluding tert-OH is 1. The number of hydrogen-bond acceptors (Lipinski definition) is 4. The fraction of sp³-hybridized carbons (Fsp3) is 0.545. The van der Waals surface area contributed by atoms with Crippen LogP contribution in [0.5, 0.6) is 5.75 Å². The quantitative estimate of drug-likeness (QED) is 0.701. The third kappa shape index (κ3) is 4.27. The van der Waals surface area contributed by atoms with E-state index in [4.69, 9.17) is 5.11 Å². The van der Waals surface area contributed by atoms with Gasteiger partial charge in [0.1, 0.15) is 11.9 Å². The number of pyridine rings is 1. The minimum absolute atomic E-state index is 0.0299. The summed E-state index contributed by atoms with van der Waals surface area (Å²) < 4.78 is 0. The highest BCUT2D eigenvalue weighted by molar-refractivity contribution is 5.19. The maximum Gasteiger partial charge on any atom is 0.133 e. The van der Waals surface area contributed by atoms with Crippen LogP contribution in [0.25, 0.3) is 0 Å². The van der Waals surface area contributed by atoms with E-state index in [1.807, 2.05) is 20.8 Å². The predicted molar refractivity (Wildman–Crippen MR) is 58.6 cm³/mol. The maximum atomic E-state index is 9.77. The Morgan fingerprint density at radius 1 is 1.40 bits per heavy atom. The van der Waals surface area contributed by atoms with E-state index in [1.54, 1.807) is 6.07 Å². The second-order valence-corrected chi connectivity index (χ2v) is 4.59. The second-order valence-electron chi connectivity index (χ2n) is 4.59. The molecule has 1 unspecified atom stereocenters. The molecule has 4 nitrogen and oxygen atoms in total. The first kappa shape index (κ1) is 11.9. The number of rotatable bonds is 3. The molecule has 15 heavy (non-hydrogen) atoms. The highest BCUT2D eigenvalue weighted by Crippen LogP contribution is 2.13. The Bertz CT molecular complexity index is 303. The molecule has 1 heterocycles. The molecular formula is C11H18N2O2. The van der Waals surface area contributed by atoms with Crippen molar-refractivity contribution in [1.29, 1.82) is 0 Å². The third-order valence-electron chi connectivity index (χ3n) is 1.94. The van der Waals surface area contributed by atoms with E-state index >= 15 is 0 Å². The summed E-state index contributed by atoms with van der Waals surface area (Å²) in [6.07, 6.45) is 0.681. The largest absolute Gasteiger partial charge is 0.506 e. The van der Waals surface area contributed by atoms with Crippen LogP contribution in [-0.2, 0) is 0 Å². The average molecular weight is 210 g/mol. The van der Waals surface area contributed by atoms with Crippen LogP contribution in [0.2, 0.25) is 0 Å². The molecule has 0 aliphatic carbocycles.